The van der Waals surface area contributed by atoms with Crippen LogP contribution in [0.5, 0.6) is 5.75 Å². The Morgan fingerprint density at radius 1 is 1.17 bits per heavy atom. The van der Waals surface area contributed by atoms with E-state index < -0.39 is 11.6 Å². The predicted octanol–water partition coefficient (Wildman–Crippen LogP) is 3.51. The molecule has 1 aromatic heterocycles. The zero-order chi connectivity index (χ0) is 16.6. The van der Waals surface area contributed by atoms with Crippen molar-refractivity contribution in [1.29, 1.82) is 0 Å². The van der Waals surface area contributed by atoms with Crippen LogP contribution in [-0.4, -0.2) is 23.2 Å². The van der Waals surface area contributed by atoms with Gasteiger partial charge in [0.1, 0.15) is 11.6 Å². The van der Waals surface area contributed by atoms with Gasteiger partial charge in [-0.25, -0.2) is 13.8 Å². The lowest BCUT2D eigenvalue weighted by Crippen LogP contribution is -2.17. The first-order chi connectivity index (χ1) is 11.0. The van der Waals surface area contributed by atoms with Gasteiger partial charge in [0.2, 0.25) is 0 Å². The topological polar surface area (TPSA) is 53.1 Å². The Hall–Kier alpha value is -2.47. The molecule has 0 spiro atoms. The van der Waals surface area contributed by atoms with Gasteiger partial charge in [-0.1, -0.05) is 0 Å². The number of aromatic nitrogens is 2. The molecule has 1 atom stereocenters. The third-order valence-corrected chi connectivity index (χ3v) is 3.86. The van der Waals surface area contributed by atoms with Gasteiger partial charge in [0.25, 0.3) is 0 Å². The van der Waals surface area contributed by atoms with E-state index in [1.807, 2.05) is 35.8 Å². The summed E-state index contributed by atoms with van der Waals surface area (Å²) in [5, 5.41) is 0. The molecule has 6 heteroatoms. The fraction of sp³-hybridized carbons (Fsp3) is 0.235. The number of halogens is 2. The molecule has 0 saturated heterocycles. The van der Waals surface area contributed by atoms with Gasteiger partial charge in [0.05, 0.1) is 18.1 Å². The average molecular weight is 317 g/mol. The van der Waals surface area contributed by atoms with E-state index >= 15 is 0 Å². The number of benzene rings is 2. The van der Waals surface area contributed by atoms with Crippen LogP contribution < -0.4 is 10.5 Å². The molecule has 3 rings (SSSR count). The lowest BCUT2D eigenvalue weighted by Gasteiger charge is -2.16. The van der Waals surface area contributed by atoms with Crippen LogP contribution in [0, 0.1) is 11.6 Å². The van der Waals surface area contributed by atoms with Crippen LogP contribution in [0.15, 0.2) is 36.4 Å². The molecule has 0 saturated carbocycles. The number of nitrogens with two attached hydrogens (primary N) is 1. The highest BCUT2D eigenvalue weighted by Crippen LogP contribution is 2.30. The molecule has 0 aliphatic heterocycles. The van der Waals surface area contributed by atoms with E-state index in [-0.39, 0.29) is 6.04 Å². The summed E-state index contributed by atoms with van der Waals surface area (Å²) in [5.41, 5.74) is 7.52. The summed E-state index contributed by atoms with van der Waals surface area (Å²) in [5.74, 6) is -0.473. The number of hydrogen-bond donors (Lipinski definition) is 1. The Bertz CT molecular complexity index is 843. The first-order valence-corrected chi connectivity index (χ1v) is 7.26. The molecule has 0 fully saturated rings. The monoisotopic (exact) mass is 317 g/mol. The Labute approximate surface area is 132 Å². The summed E-state index contributed by atoms with van der Waals surface area (Å²) in [6.07, 6.45) is 0. The predicted molar refractivity (Wildman–Crippen MR) is 85.4 cm³/mol. The fourth-order valence-corrected chi connectivity index (χ4v) is 2.59. The average Bonchev–Trinajstić information content (AvgIpc) is 2.93. The van der Waals surface area contributed by atoms with Gasteiger partial charge in [-0.3, -0.25) is 0 Å². The quantitative estimate of drug-likeness (QED) is 0.801. The number of fused-ring (bicyclic) bond motifs is 1. The van der Waals surface area contributed by atoms with Crippen molar-refractivity contribution < 1.29 is 13.5 Å². The number of rotatable bonds is 4. The van der Waals surface area contributed by atoms with E-state index in [2.05, 4.69) is 4.98 Å². The lowest BCUT2D eigenvalue weighted by molar-refractivity contribution is 0.415. The van der Waals surface area contributed by atoms with Gasteiger partial charge in [-0.15, -0.1) is 0 Å². The summed E-state index contributed by atoms with van der Waals surface area (Å²) in [4.78, 5) is 4.47. The minimum Gasteiger partial charge on any atom is -0.497 e. The Kier molecular flexibility index (Phi) is 4.00. The maximum absolute atomic E-state index is 13.6. The van der Waals surface area contributed by atoms with Gasteiger partial charge >= 0.3 is 0 Å². The Morgan fingerprint density at radius 2 is 1.83 bits per heavy atom. The third-order valence-electron chi connectivity index (χ3n) is 3.86. The first kappa shape index (κ1) is 15.4. The zero-order valence-corrected chi connectivity index (χ0v) is 12.9. The minimum absolute atomic E-state index is 0.109. The van der Waals surface area contributed by atoms with Crippen molar-refractivity contribution in [2.75, 3.05) is 13.7 Å². The van der Waals surface area contributed by atoms with E-state index in [0.717, 1.165) is 23.4 Å². The Balaban J connectivity index is 2.25. The number of ether oxygens (including phenoxy) is 1. The number of hydrogen-bond acceptors (Lipinski definition) is 3. The van der Waals surface area contributed by atoms with E-state index in [4.69, 9.17) is 10.5 Å². The molecule has 1 unspecified atom stereocenters. The first-order valence-electron chi connectivity index (χ1n) is 7.26. The smallest absolute Gasteiger partial charge is 0.161 e. The van der Waals surface area contributed by atoms with Crippen LogP contribution in [-0.2, 0) is 0 Å². The molecular weight excluding hydrogens is 300 g/mol. The summed E-state index contributed by atoms with van der Waals surface area (Å²) >= 11 is 0. The van der Waals surface area contributed by atoms with Crippen LogP contribution in [0.1, 0.15) is 13.0 Å². The van der Waals surface area contributed by atoms with Gasteiger partial charge < -0.3 is 15.0 Å². The van der Waals surface area contributed by atoms with Crippen LogP contribution in [0.25, 0.3) is 22.4 Å². The van der Waals surface area contributed by atoms with Crippen LogP contribution in [0.4, 0.5) is 8.78 Å². The van der Waals surface area contributed by atoms with Gasteiger partial charge in [0.15, 0.2) is 11.6 Å². The van der Waals surface area contributed by atoms with Crippen molar-refractivity contribution in [1.82, 2.24) is 9.55 Å². The second-order valence-corrected chi connectivity index (χ2v) is 5.37. The van der Waals surface area contributed by atoms with Crippen molar-refractivity contribution >= 4 is 11.0 Å². The molecule has 0 amide bonds. The van der Waals surface area contributed by atoms with Crippen LogP contribution >= 0.6 is 0 Å². The van der Waals surface area contributed by atoms with Crippen molar-refractivity contribution in [2.45, 2.75) is 13.0 Å². The molecule has 23 heavy (non-hydrogen) atoms. The van der Waals surface area contributed by atoms with E-state index in [1.165, 1.54) is 0 Å². The van der Waals surface area contributed by atoms with Crippen LogP contribution in [0.3, 0.4) is 0 Å². The SMILES string of the molecule is COc1ccc(-c2nc3cc(F)c(F)cc3n2C(C)CN)cc1. The highest BCUT2D eigenvalue weighted by Gasteiger charge is 2.18. The molecular formula is C17H17F2N3O. The molecule has 2 N–H and O–H groups in total. The van der Waals surface area contributed by atoms with E-state index in [0.29, 0.717) is 23.4 Å². The molecule has 1 heterocycles. The van der Waals surface area contributed by atoms with Crippen LogP contribution in [0.2, 0.25) is 0 Å². The second-order valence-electron chi connectivity index (χ2n) is 5.37. The minimum atomic E-state index is -0.913. The molecule has 0 bridgehead atoms. The highest BCUT2D eigenvalue weighted by atomic mass is 19.2. The third kappa shape index (κ3) is 2.66. The maximum atomic E-state index is 13.6. The molecule has 0 radical (unpaired) electrons. The molecule has 4 nitrogen and oxygen atoms in total. The molecule has 0 aliphatic rings. The van der Waals surface area contributed by atoms with Gasteiger partial charge in [0, 0.05) is 30.3 Å². The summed E-state index contributed by atoms with van der Waals surface area (Å²) < 4.78 is 34.1. The molecule has 0 aliphatic carbocycles. The fourth-order valence-electron chi connectivity index (χ4n) is 2.59. The Morgan fingerprint density at radius 3 is 2.43 bits per heavy atom. The lowest BCUT2D eigenvalue weighted by atomic mass is 10.2. The molecule has 120 valence electrons. The van der Waals surface area contributed by atoms with Crippen molar-refractivity contribution in [3.05, 3.63) is 48.0 Å². The summed E-state index contributed by atoms with van der Waals surface area (Å²) in [7, 11) is 1.59. The standard InChI is InChI=1S/C17H17F2N3O/c1-10(9-20)22-16-8-14(19)13(18)7-15(16)21-17(22)11-3-5-12(23-2)6-4-11/h3-8,10H,9,20H2,1-2H3. The van der Waals surface area contributed by atoms with Gasteiger partial charge in [-0.05, 0) is 31.2 Å². The number of nitrogens with zero attached hydrogens (tertiary/aromatic N) is 2. The van der Waals surface area contributed by atoms with Gasteiger partial charge in [-0.2, -0.15) is 0 Å². The summed E-state index contributed by atoms with van der Waals surface area (Å²) in [6, 6.07) is 9.50. The molecule has 3 aromatic rings. The van der Waals surface area contributed by atoms with E-state index in [9.17, 15) is 8.78 Å². The summed E-state index contributed by atoms with van der Waals surface area (Å²) in [6.45, 7) is 2.27. The maximum Gasteiger partial charge on any atom is 0.161 e. The van der Waals surface area contributed by atoms with Crippen molar-refractivity contribution in [2.24, 2.45) is 5.73 Å². The van der Waals surface area contributed by atoms with E-state index in [1.54, 1.807) is 7.11 Å². The highest BCUT2D eigenvalue weighted by molar-refractivity contribution is 5.81. The molecule has 2 aromatic carbocycles. The number of methoxy groups -OCH3 is 1. The van der Waals surface area contributed by atoms with Crippen molar-refractivity contribution in [3.63, 3.8) is 0 Å². The normalized spacial score (nSPS) is 12.6. The van der Waals surface area contributed by atoms with Crippen molar-refractivity contribution in [3.8, 4) is 17.1 Å². The zero-order valence-electron chi connectivity index (χ0n) is 12.9. The largest absolute Gasteiger partial charge is 0.497 e. The second kappa shape index (κ2) is 5.96. The number of imidazole rings is 1.